The Balaban J connectivity index is 2.23. The average molecular weight is 578 g/mol. The van der Waals surface area contributed by atoms with Gasteiger partial charge in [-0.25, -0.2) is 8.78 Å². The van der Waals surface area contributed by atoms with Crippen LogP contribution in [0.25, 0.3) is 0 Å². The molecule has 0 N–H and O–H groups in total. The highest BCUT2D eigenvalue weighted by Crippen LogP contribution is 2.43. The second-order valence-electron chi connectivity index (χ2n) is 9.08. The summed E-state index contributed by atoms with van der Waals surface area (Å²) in [6, 6.07) is 12.7. The molecule has 0 aliphatic rings. The van der Waals surface area contributed by atoms with Gasteiger partial charge in [0, 0.05) is 24.3 Å². The van der Waals surface area contributed by atoms with Crippen molar-refractivity contribution < 1.29 is 53.8 Å². The first-order valence-corrected chi connectivity index (χ1v) is 11.8. The number of ketones is 1. The van der Waals surface area contributed by atoms with Gasteiger partial charge in [-0.2, -0.15) is 30.7 Å². The van der Waals surface area contributed by atoms with E-state index in [1.165, 1.54) is 19.2 Å². The minimum absolute atomic E-state index is 0.127. The zero-order valence-corrected chi connectivity index (χ0v) is 20.9. The van der Waals surface area contributed by atoms with Crippen molar-refractivity contribution in [1.82, 2.24) is 0 Å². The van der Waals surface area contributed by atoms with Crippen LogP contribution in [0, 0.1) is 11.6 Å². The number of benzene rings is 3. The molecule has 0 saturated carbocycles. The van der Waals surface area contributed by atoms with Crippen LogP contribution in [0.5, 0.6) is 11.5 Å². The van der Waals surface area contributed by atoms with Crippen molar-refractivity contribution in [2.24, 2.45) is 0 Å². The number of Topliss-reactive ketones (excluding diaryl/α,β-unsaturated/α-hetero) is 1. The lowest BCUT2D eigenvalue weighted by atomic mass is 9.67. The van der Waals surface area contributed by atoms with E-state index < -0.39 is 66.6 Å². The van der Waals surface area contributed by atoms with E-state index in [0.717, 1.165) is 24.3 Å². The van der Waals surface area contributed by atoms with Gasteiger partial charge in [-0.1, -0.05) is 24.3 Å². The van der Waals surface area contributed by atoms with E-state index in [0.29, 0.717) is 17.4 Å². The Bertz CT molecular complexity index is 1290. The zero-order chi connectivity index (χ0) is 29.7. The maximum atomic E-state index is 14.8. The molecule has 0 radical (unpaired) electrons. The van der Waals surface area contributed by atoms with Crippen molar-refractivity contribution in [1.29, 1.82) is 0 Å². The van der Waals surface area contributed by atoms with Gasteiger partial charge in [0.15, 0.2) is 0 Å². The molecule has 1 atom stereocenters. The highest BCUT2D eigenvalue weighted by molar-refractivity contribution is 5.81. The second kappa shape index (κ2) is 12.2. The highest BCUT2D eigenvalue weighted by Gasteiger charge is 2.45. The summed E-state index contributed by atoms with van der Waals surface area (Å²) in [4.78, 5) is 13.0. The van der Waals surface area contributed by atoms with Gasteiger partial charge >= 0.3 is 18.7 Å². The van der Waals surface area contributed by atoms with Crippen molar-refractivity contribution in [3.05, 3.63) is 95.1 Å². The number of hydrogen-bond donors (Lipinski definition) is 0. The van der Waals surface area contributed by atoms with Crippen LogP contribution in [0.4, 0.5) is 39.5 Å². The molecule has 40 heavy (non-hydrogen) atoms. The first-order valence-electron chi connectivity index (χ1n) is 11.8. The fourth-order valence-corrected chi connectivity index (χ4v) is 4.30. The average Bonchev–Trinajstić information content (AvgIpc) is 2.87. The topological polar surface area (TPSA) is 35.5 Å². The maximum Gasteiger partial charge on any atom is 0.461 e. The molecule has 0 spiro atoms. The van der Waals surface area contributed by atoms with E-state index in [-0.39, 0.29) is 17.5 Å². The van der Waals surface area contributed by atoms with Crippen LogP contribution < -0.4 is 9.47 Å². The van der Waals surface area contributed by atoms with Gasteiger partial charge < -0.3 is 9.47 Å². The Morgan fingerprint density at radius 2 is 1.43 bits per heavy atom. The predicted octanol–water partition coefficient (Wildman–Crippen LogP) is 8.04. The predicted molar refractivity (Wildman–Crippen MR) is 127 cm³/mol. The lowest BCUT2D eigenvalue weighted by molar-refractivity contribution is -0.253. The summed E-state index contributed by atoms with van der Waals surface area (Å²) < 4.78 is 129. The summed E-state index contributed by atoms with van der Waals surface area (Å²) in [5.41, 5.74) is -1.42. The summed E-state index contributed by atoms with van der Waals surface area (Å²) in [6.45, 7) is 0. The molecule has 0 amide bonds. The van der Waals surface area contributed by atoms with Crippen LogP contribution in [0.3, 0.4) is 0 Å². The first-order chi connectivity index (χ1) is 18.6. The van der Waals surface area contributed by atoms with Gasteiger partial charge in [0.2, 0.25) is 0 Å². The van der Waals surface area contributed by atoms with Gasteiger partial charge in [0.25, 0.3) is 0 Å². The maximum absolute atomic E-state index is 14.8. The first kappa shape index (κ1) is 30.8. The lowest BCUT2D eigenvalue weighted by Gasteiger charge is -2.36. The molecule has 0 saturated heterocycles. The summed E-state index contributed by atoms with van der Waals surface area (Å²) >= 11 is 0. The van der Waals surface area contributed by atoms with Crippen molar-refractivity contribution >= 4 is 5.78 Å². The van der Waals surface area contributed by atoms with Crippen LogP contribution in [0.1, 0.15) is 36.0 Å². The van der Waals surface area contributed by atoms with Crippen LogP contribution in [-0.2, 0) is 16.6 Å². The van der Waals surface area contributed by atoms with Crippen LogP contribution in [-0.4, -0.2) is 31.6 Å². The Labute approximate surface area is 223 Å². The zero-order valence-electron chi connectivity index (χ0n) is 20.9. The molecule has 0 unspecified atom stereocenters. The molecule has 3 rings (SSSR count). The lowest BCUT2D eigenvalue weighted by Crippen LogP contribution is -2.35. The number of rotatable bonds is 12. The summed E-state index contributed by atoms with van der Waals surface area (Å²) in [6.07, 6.45) is -17.2. The standard InChI is InChI=1S/C28H23F9O3/c1-39-23-8-2-17(3-9-23)15-26(18-4-6-20(29)7-5-18,16-22(38)10-11-27(33,34)35)19-12-21(30)14-24(13-19)40-28(36,37)25(31)32/h2-9,12-14,25H,10-11,15-16H2,1H3/t26-/m1/s1. The third-order valence-corrected chi connectivity index (χ3v) is 6.18. The van der Waals surface area contributed by atoms with Gasteiger partial charge in [0.1, 0.15) is 28.9 Å². The largest absolute Gasteiger partial charge is 0.497 e. The Morgan fingerprint density at radius 3 is 1.98 bits per heavy atom. The third kappa shape index (κ3) is 7.92. The number of halogens is 9. The highest BCUT2D eigenvalue weighted by atomic mass is 19.4. The molecule has 0 aromatic heterocycles. The number of methoxy groups -OCH3 is 1. The van der Waals surface area contributed by atoms with Crippen molar-refractivity contribution in [2.75, 3.05) is 7.11 Å². The fraction of sp³-hybridized carbons (Fsp3) is 0.321. The molecule has 0 aliphatic carbocycles. The number of carbonyl (C=O) groups excluding carboxylic acids is 1. The molecular weight excluding hydrogens is 555 g/mol. The van der Waals surface area contributed by atoms with Crippen molar-refractivity contribution in [3.8, 4) is 11.5 Å². The van der Waals surface area contributed by atoms with E-state index in [9.17, 15) is 44.3 Å². The molecule has 0 fully saturated rings. The Hall–Kier alpha value is -3.70. The fourth-order valence-electron chi connectivity index (χ4n) is 4.30. The van der Waals surface area contributed by atoms with E-state index in [2.05, 4.69) is 4.74 Å². The van der Waals surface area contributed by atoms with E-state index in [1.54, 1.807) is 24.3 Å². The molecule has 12 heteroatoms. The third-order valence-electron chi connectivity index (χ3n) is 6.18. The van der Waals surface area contributed by atoms with E-state index >= 15 is 0 Å². The molecule has 0 heterocycles. The number of hydrogen-bond acceptors (Lipinski definition) is 3. The molecule has 3 aromatic carbocycles. The van der Waals surface area contributed by atoms with Crippen LogP contribution in [0.15, 0.2) is 66.7 Å². The van der Waals surface area contributed by atoms with Crippen LogP contribution in [0.2, 0.25) is 0 Å². The van der Waals surface area contributed by atoms with Crippen molar-refractivity contribution in [3.63, 3.8) is 0 Å². The van der Waals surface area contributed by atoms with Crippen LogP contribution >= 0.6 is 0 Å². The summed E-state index contributed by atoms with van der Waals surface area (Å²) in [7, 11) is 1.40. The minimum atomic E-state index is -5.00. The Kier molecular flexibility index (Phi) is 9.42. The molecule has 0 bridgehead atoms. The summed E-state index contributed by atoms with van der Waals surface area (Å²) in [5, 5.41) is 0. The number of alkyl halides is 7. The molecule has 3 nitrogen and oxygen atoms in total. The summed E-state index contributed by atoms with van der Waals surface area (Å²) in [5.74, 6) is -3.40. The quantitative estimate of drug-likeness (QED) is 0.204. The van der Waals surface area contributed by atoms with Crippen molar-refractivity contribution in [2.45, 2.75) is 49.8 Å². The normalized spacial score (nSPS) is 13.7. The SMILES string of the molecule is COc1ccc(C[C@@](CC(=O)CCC(F)(F)F)(c2ccc(F)cc2)c2cc(F)cc(OC(F)(F)C(F)F)c2)cc1. The van der Waals surface area contributed by atoms with E-state index in [4.69, 9.17) is 4.74 Å². The van der Waals surface area contributed by atoms with Gasteiger partial charge in [-0.05, 0) is 59.5 Å². The van der Waals surface area contributed by atoms with Gasteiger partial charge in [-0.3, -0.25) is 4.79 Å². The molecule has 3 aromatic rings. The second-order valence-corrected chi connectivity index (χ2v) is 9.08. The Morgan fingerprint density at radius 1 is 0.800 bits per heavy atom. The van der Waals surface area contributed by atoms with Gasteiger partial charge in [0.05, 0.1) is 13.5 Å². The number of carbonyl (C=O) groups is 1. The van der Waals surface area contributed by atoms with Gasteiger partial charge in [-0.15, -0.1) is 0 Å². The molecule has 216 valence electrons. The molecular formula is C28H23F9O3. The molecule has 0 aliphatic heterocycles. The number of ether oxygens (including phenoxy) is 2. The van der Waals surface area contributed by atoms with E-state index in [1.807, 2.05) is 0 Å². The minimum Gasteiger partial charge on any atom is -0.497 e. The monoisotopic (exact) mass is 578 g/mol. The smallest absolute Gasteiger partial charge is 0.461 e.